The van der Waals surface area contributed by atoms with Crippen LogP contribution in [0.2, 0.25) is 0 Å². The van der Waals surface area contributed by atoms with E-state index in [-0.39, 0.29) is 17.9 Å². The van der Waals surface area contributed by atoms with Crippen LogP contribution in [-0.2, 0) is 14.4 Å². The van der Waals surface area contributed by atoms with Crippen molar-refractivity contribution in [3.63, 3.8) is 0 Å². The van der Waals surface area contributed by atoms with Gasteiger partial charge in [-0.1, -0.05) is 0 Å². The van der Waals surface area contributed by atoms with Crippen LogP contribution in [0.4, 0.5) is 0 Å². The maximum Gasteiger partial charge on any atom is 0.246 e. The Morgan fingerprint density at radius 3 is 2.86 bits per heavy atom. The third-order valence-corrected chi connectivity index (χ3v) is 2.41. The molecule has 2 unspecified atom stereocenters. The number of methoxy groups -OCH3 is 1. The quantitative estimate of drug-likeness (QED) is 0.478. The molecule has 82 valence electrons. The Balaban J connectivity index is 2.09. The maximum absolute atomic E-state index is 11.4. The van der Waals surface area contributed by atoms with E-state index in [0.29, 0.717) is 13.2 Å². The van der Waals surface area contributed by atoms with Crippen molar-refractivity contribution in [3.05, 3.63) is 0 Å². The zero-order chi connectivity index (χ0) is 10.4. The summed E-state index contributed by atoms with van der Waals surface area (Å²) in [7, 11) is 1.58. The van der Waals surface area contributed by atoms with E-state index in [4.69, 9.17) is 15.3 Å². The Morgan fingerprint density at radius 1 is 1.50 bits per heavy atom. The molecule has 1 aliphatic carbocycles. The largest absolute Gasteiger partial charge is 0.382 e. The number of amides is 1. The average Bonchev–Trinajstić information content (AvgIpc) is 2.59. The van der Waals surface area contributed by atoms with Gasteiger partial charge in [-0.2, -0.15) is 0 Å². The van der Waals surface area contributed by atoms with Crippen LogP contribution in [0.25, 0.3) is 0 Å². The number of hydrogen-bond donors (Lipinski definition) is 2. The highest BCUT2D eigenvalue weighted by atomic mass is 16.7. The zero-order valence-electron chi connectivity index (χ0n) is 8.49. The Hall–Kier alpha value is -0.650. The first-order valence-electron chi connectivity index (χ1n) is 4.90. The number of ether oxygens (including phenoxy) is 1. The second-order valence-electron chi connectivity index (χ2n) is 3.58. The summed E-state index contributed by atoms with van der Waals surface area (Å²) in [5.41, 5.74) is 8.10. The topological polar surface area (TPSA) is 73.6 Å². The van der Waals surface area contributed by atoms with E-state index in [1.54, 1.807) is 7.11 Å². The number of rotatable bonds is 5. The molecule has 1 aliphatic rings. The van der Waals surface area contributed by atoms with E-state index < -0.39 is 0 Å². The molecular weight excluding hydrogens is 184 g/mol. The van der Waals surface area contributed by atoms with Crippen LogP contribution in [-0.4, -0.2) is 32.3 Å². The first kappa shape index (κ1) is 11.4. The molecule has 5 heteroatoms. The van der Waals surface area contributed by atoms with Gasteiger partial charge < -0.3 is 10.5 Å². The summed E-state index contributed by atoms with van der Waals surface area (Å²) in [4.78, 5) is 16.3. The minimum Gasteiger partial charge on any atom is -0.382 e. The molecule has 2 atom stereocenters. The molecule has 1 amide bonds. The number of nitrogens with one attached hydrogen (secondary N) is 1. The van der Waals surface area contributed by atoms with Crippen molar-refractivity contribution >= 4 is 5.91 Å². The highest BCUT2D eigenvalue weighted by Gasteiger charge is 2.27. The first-order chi connectivity index (χ1) is 6.74. The summed E-state index contributed by atoms with van der Waals surface area (Å²) in [5.74, 6) is -0.0402. The van der Waals surface area contributed by atoms with E-state index in [1.165, 1.54) is 0 Å². The second-order valence-corrected chi connectivity index (χ2v) is 3.58. The van der Waals surface area contributed by atoms with Crippen LogP contribution in [0.15, 0.2) is 0 Å². The molecule has 1 fully saturated rings. The molecule has 3 N–H and O–H groups in total. The molecule has 0 spiro atoms. The SMILES string of the molecule is COCCONC(=O)C1CCC(N)C1. The monoisotopic (exact) mass is 202 g/mol. The van der Waals surface area contributed by atoms with Crippen LogP contribution < -0.4 is 11.2 Å². The average molecular weight is 202 g/mol. The van der Waals surface area contributed by atoms with Crippen molar-refractivity contribution in [2.45, 2.75) is 25.3 Å². The van der Waals surface area contributed by atoms with Gasteiger partial charge in [-0.15, -0.1) is 0 Å². The van der Waals surface area contributed by atoms with Crippen LogP contribution >= 0.6 is 0 Å². The van der Waals surface area contributed by atoms with Crippen molar-refractivity contribution in [3.8, 4) is 0 Å². The predicted molar refractivity (Wildman–Crippen MR) is 51.3 cm³/mol. The summed E-state index contributed by atoms with van der Waals surface area (Å²) in [6.07, 6.45) is 2.55. The van der Waals surface area contributed by atoms with Crippen molar-refractivity contribution in [1.29, 1.82) is 0 Å². The molecule has 1 rings (SSSR count). The smallest absolute Gasteiger partial charge is 0.246 e. The number of carbonyl (C=O) groups is 1. The number of hydrogen-bond acceptors (Lipinski definition) is 4. The Kier molecular flexibility index (Phi) is 4.86. The van der Waals surface area contributed by atoms with E-state index in [1.807, 2.05) is 0 Å². The fourth-order valence-corrected chi connectivity index (χ4v) is 1.59. The van der Waals surface area contributed by atoms with Crippen molar-refractivity contribution < 1.29 is 14.4 Å². The predicted octanol–water partition coefficient (Wildman–Crippen LogP) is -0.192. The van der Waals surface area contributed by atoms with Gasteiger partial charge >= 0.3 is 0 Å². The molecule has 0 aromatic rings. The van der Waals surface area contributed by atoms with Crippen LogP contribution in [0.5, 0.6) is 0 Å². The molecule has 5 nitrogen and oxygen atoms in total. The van der Waals surface area contributed by atoms with Gasteiger partial charge in [0, 0.05) is 19.1 Å². The van der Waals surface area contributed by atoms with Crippen molar-refractivity contribution in [1.82, 2.24) is 5.48 Å². The lowest BCUT2D eigenvalue weighted by atomic mass is 10.1. The molecule has 0 bridgehead atoms. The van der Waals surface area contributed by atoms with Gasteiger partial charge in [0.1, 0.15) is 0 Å². The summed E-state index contributed by atoms with van der Waals surface area (Å²) < 4.78 is 4.77. The minimum atomic E-state index is -0.0611. The molecule has 0 saturated heterocycles. The van der Waals surface area contributed by atoms with E-state index in [9.17, 15) is 4.79 Å². The van der Waals surface area contributed by atoms with Gasteiger partial charge in [-0.05, 0) is 19.3 Å². The molecule has 14 heavy (non-hydrogen) atoms. The van der Waals surface area contributed by atoms with Gasteiger partial charge in [0.2, 0.25) is 5.91 Å². The third kappa shape index (κ3) is 3.61. The van der Waals surface area contributed by atoms with E-state index in [2.05, 4.69) is 5.48 Å². The number of carbonyl (C=O) groups excluding carboxylic acids is 1. The lowest BCUT2D eigenvalue weighted by Gasteiger charge is -2.10. The Bertz CT molecular complexity index is 187. The summed E-state index contributed by atoms with van der Waals surface area (Å²) >= 11 is 0. The lowest BCUT2D eigenvalue weighted by molar-refractivity contribution is -0.138. The van der Waals surface area contributed by atoms with Crippen LogP contribution in [0.1, 0.15) is 19.3 Å². The highest BCUT2D eigenvalue weighted by Crippen LogP contribution is 2.23. The molecule has 0 aliphatic heterocycles. The minimum absolute atomic E-state index is 0.0209. The fraction of sp³-hybridized carbons (Fsp3) is 0.889. The van der Waals surface area contributed by atoms with E-state index in [0.717, 1.165) is 19.3 Å². The Morgan fingerprint density at radius 2 is 2.29 bits per heavy atom. The summed E-state index contributed by atoms with van der Waals surface area (Å²) in [5, 5.41) is 0. The molecule has 0 radical (unpaired) electrons. The van der Waals surface area contributed by atoms with Gasteiger partial charge in [-0.25, -0.2) is 5.48 Å². The fourth-order valence-electron chi connectivity index (χ4n) is 1.59. The summed E-state index contributed by atoms with van der Waals surface area (Å²) in [6.45, 7) is 0.853. The van der Waals surface area contributed by atoms with Gasteiger partial charge in [0.25, 0.3) is 0 Å². The standard InChI is InChI=1S/C9H18N2O3/c1-13-4-5-14-11-9(12)7-2-3-8(10)6-7/h7-8H,2-6,10H2,1H3,(H,11,12). The van der Waals surface area contributed by atoms with Crippen LogP contribution in [0, 0.1) is 5.92 Å². The zero-order valence-corrected chi connectivity index (χ0v) is 8.49. The highest BCUT2D eigenvalue weighted by molar-refractivity contribution is 5.77. The third-order valence-electron chi connectivity index (χ3n) is 2.41. The maximum atomic E-state index is 11.4. The molecule has 0 heterocycles. The lowest BCUT2D eigenvalue weighted by Crippen LogP contribution is -2.31. The number of nitrogens with two attached hydrogens (primary N) is 1. The van der Waals surface area contributed by atoms with Gasteiger partial charge in [0.15, 0.2) is 0 Å². The van der Waals surface area contributed by atoms with E-state index >= 15 is 0 Å². The van der Waals surface area contributed by atoms with Gasteiger partial charge in [0.05, 0.1) is 13.2 Å². The normalized spacial score (nSPS) is 26.4. The summed E-state index contributed by atoms with van der Waals surface area (Å²) in [6, 6.07) is 0.171. The molecule has 0 aromatic carbocycles. The molecular formula is C9H18N2O3. The Labute approximate surface area is 83.9 Å². The van der Waals surface area contributed by atoms with Crippen molar-refractivity contribution in [2.24, 2.45) is 11.7 Å². The van der Waals surface area contributed by atoms with Crippen LogP contribution in [0.3, 0.4) is 0 Å². The first-order valence-corrected chi connectivity index (χ1v) is 4.90. The van der Waals surface area contributed by atoms with Crippen molar-refractivity contribution in [2.75, 3.05) is 20.3 Å². The molecule has 0 aromatic heterocycles. The number of hydroxylamine groups is 1. The second kappa shape index (κ2) is 5.95. The van der Waals surface area contributed by atoms with Gasteiger partial charge in [-0.3, -0.25) is 9.63 Å². The molecule has 1 saturated carbocycles.